The molecule has 2 aromatic rings. The fourth-order valence-corrected chi connectivity index (χ4v) is 4.55. The highest BCUT2D eigenvalue weighted by Gasteiger charge is 2.59. The lowest BCUT2D eigenvalue weighted by Gasteiger charge is -2.30. The van der Waals surface area contributed by atoms with E-state index < -0.39 is 65.5 Å². The van der Waals surface area contributed by atoms with Crippen LogP contribution < -0.4 is 10.1 Å². The van der Waals surface area contributed by atoms with Gasteiger partial charge in [0.1, 0.15) is 5.82 Å². The first-order valence-corrected chi connectivity index (χ1v) is 10.3. The first kappa shape index (κ1) is 24.3. The highest BCUT2D eigenvalue weighted by Crippen LogP contribution is 2.51. The summed E-state index contributed by atoms with van der Waals surface area (Å²) < 4.78 is 92.2. The molecule has 2 aliphatic rings. The number of hydrogen-bond donors (Lipinski definition) is 2. The number of aliphatic hydroxyl groups excluding tert-OH is 1. The Kier molecular flexibility index (Phi) is 6.00. The number of carbonyl (C=O) groups is 1. The molecule has 0 aromatic carbocycles. The van der Waals surface area contributed by atoms with E-state index in [1.54, 1.807) is 0 Å². The third kappa shape index (κ3) is 4.43. The minimum Gasteiger partial charge on any atom is -0.478 e. The molecule has 2 aliphatic heterocycles. The van der Waals surface area contributed by atoms with Gasteiger partial charge in [-0.1, -0.05) is 0 Å². The average molecular weight is 494 g/mol. The Morgan fingerprint density at radius 1 is 1.26 bits per heavy atom. The van der Waals surface area contributed by atoms with Gasteiger partial charge < -0.3 is 19.9 Å². The van der Waals surface area contributed by atoms with Crippen molar-refractivity contribution in [3.63, 3.8) is 0 Å². The number of pyridine rings is 1. The van der Waals surface area contributed by atoms with E-state index >= 15 is 0 Å². The fraction of sp³-hybridized carbons (Fsp3) is 0.550. The van der Waals surface area contributed by atoms with Crippen molar-refractivity contribution in [2.45, 2.75) is 49.9 Å². The molecule has 2 aromatic heterocycles. The molecular weight excluding hydrogens is 474 g/mol. The molecule has 4 heterocycles. The van der Waals surface area contributed by atoms with Crippen LogP contribution in [0, 0.1) is 5.92 Å². The van der Waals surface area contributed by atoms with Gasteiger partial charge in [-0.15, -0.1) is 0 Å². The standard InChI is InChI=1S/C20H20F6N4O4/c1-3-33-13-5-8(19(21,22)23)4-12(27-13)28-18(32)15-11-6-10(31)16(34-11)14(15)9-7-30(2)29-17(9)20(24,25)26/h4-5,7,10-11,14-16,31H,3,6H2,1-2H3,(H,27,28,32)/t10-,11+,14+,15-,16-/m0/s1. The van der Waals surface area contributed by atoms with E-state index in [0.717, 1.165) is 10.9 Å². The van der Waals surface area contributed by atoms with Gasteiger partial charge >= 0.3 is 12.4 Å². The van der Waals surface area contributed by atoms with Crippen LogP contribution in [0.2, 0.25) is 0 Å². The third-order valence-electron chi connectivity index (χ3n) is 5.79. The van der Waals surface area contributed by atoms with Crippen LogP contribution in [0.4, 0.5) is 32.2 Å². The summed E-state index contributed by atoms with van der Waals surface area (Å²) >= 11 is 0. The number of hydrogen-bond acceptors (Lipinski definition) is 6. The Bertz CT molecular complexity index is 1090. The molecule has 4 rings (SSSR count). The van der Waals surface area contributed by atoms with Gasteiger partial charge in [0, 0.05) is 37.2 Å². The maximum Gasteiger partial charge on any atom is 0.435 e. The summed E-state index contributed by atoms with van der Waals surface area (Å²) in [5.74, 6) is -4.21. The van der Waals surface area contributed by atoms with E-state index in [4.69, 9.17) is 9.47 Å². The van der Waals surface area contributed by atoms with E-state index in [1.165, 1.54) is 14.0 Å². The van der Waals surface area contributed by atoms with Crippen LogP contribution in [0.1, 0.15) is 36.1 Å². The van der Waals surface area contributed by atoms with Crippen LogP contribution in [0.5, 0.6) is 5.88 Å². The molecule has 0 unspecified atom stereocenters. The number of rotatable bonds is 5. The van der Waals surface area contributed by atoms with Crippen molar-refractivity contribution < 1.29 is 45.7 Å². The highest BCUT2D eigenvalue weighted by atomic mass is 19.4. The Balaban J connectivity index is 1.69. The molecule has 34 heavy (non-hydrogen) atoms. The van der Waals surface area contributed by atoms with Gasteiger partial charge in [0.2, 0.25) is 11.8 Å². The number of aromatic nitrogens is 3. The third-order valence-corrected chi connectivity index (χ3v) is 5.79. The largest absolute Gasteiger partial charge is 0.478 e. The van der Waals surface area contributed by atoms with E-state index in [9.17, 15) is 36.2 Å². The summed E-state index contributed by atoms with van der Waals surface area (Å²) in [5, 5.41) is 16.0. The van der Waals surface area contributed by atoms with Crippen LogP contribution in [0.15, 0.2) is 18.3 Å². The molecule has 14 heteroatoms. The van der Waals surface area contributed by atoms with E-state index in [0.29, 0.717) is 12.1 Å². The van der Waals surface area contributed by atoms with E-state index in [2.05, 4.69) is 15.4 Å². The maximum absolute atomic E-state index is 13.6. The van der Waals surface area contributed by atoms with Crippen LogP contribution in [-0.4, -0.2) is 50.7 Å². The average Bonchev–Trinajstić information content (AvgIpc) is 3.38. The molecule has 2 saturated heterocycles. The number of anilines is 1. The first-order chi connectivity index (χ1) is 15.8. The molecular formula is C20H20F6N4O4. The minimum absolute atomic E-state index is 0.0128. The summed E-state index contributed by atoms with van der Waals surface area (Å²) in [6.07, 6.45) is -11.7. The second kappa shape index (κ2) is 8.41. The predicted octanol–water partition coefficient (Wildman–Crippen LogP) is 3.12. The minimum atomic E-state index is -4.83. The monoisotopic (exact) mass is 494 g/mol. The number of carbonyl (C=O) groups excluding carboxylic acids is 1. The van der Waals surface area contributed by atoms with Gasteiger partial charge in [-0.05, 0) is 13.0 Å². The molecule has 0 spiro atoms. The second-order valence-electron chi connectivity index (χ2n) is 8.10. The molecule has 0 saturated carbocycles. The zero-order valence-electron chi connectivity index (χ0n) is 17.8. The Morgan fingerprint density at radius 2 is 1.97 bits per heavy atom. The summed E-state index contributed by atoms with van der Waals surface area (Å²) in [6.45, 7) is 1.55. The van der Waals surface area contributed by atoms with Crippen LogP contribution in [-0.2, 0) is 28.9 Å². The summed E-state index contributed by atoms with van der Waals surface area (Å²) in [6, 6.07) is 1.27. The molecule has 2 bridgehead atoms. The van der Waals surface area contributed by atoms with Crippen LogP contribution in [0.3, 0.4) is 0 Å². The van der Waals surface area contributed by atoms with Gasteiger partial charge in [-0.25, -0.2) is 0 Å². The summed E-state index contributed by atoms with van der Waals surface area (Å²) in [7, 11) is 1.28. The predicted molar refractivity (Wildman–Crippen MR) is 103 cm³/mol. The quantitative estimate of drug-likeness (QED) is 0.620. The second-order valence-corrected chi connectivity index (χ2v) is 8.10. The molecule has 1 amide bonds. The lowest BCUT2D eigenvalue weighted by molar-refractivity contribution is -0.143. The van der Waals surface area contributed by atoms with Crippen molar-refractivity contribution in [3.8, 4) is 5.88 Å². The van der Waals surface area contributed by atoms with Gasteiger partial charge in [-0.3, -0.25) is 9.48 Å². The summed E-state index contributed by atoms with van der Waals surface area (Å²) in [4.78, 5) is 17.0. The van der Waals surface area contributed by atoms with E-state index in [-0.39, 0.29) is 24.5 Å². The van der Waals surface area contributed by atoms with Crippen molar-refractivity contribution in [1.82, 2.24) is 14.8 Å². The van der Waals surface area contributed by atoms with Crippen molar-refractivity contribution in [2.75, 3.05) is 11.9 Å². The summed E-state index contributed by atoms with van der Waals surface area (Å²) in [5.41, 5.74) is -2.69. The fourth-order valence-electron chi connectivity index (χ4n) is 4.55. The zero-order chi connectivity index (χ0) is 25.0. The molecule has 0 aliphatic carbocycles. The smallest absolute Gasteiger partial charge is 0.435 e. The first-order valence-electron chi connectivity index (χ1n) is 10.3. The number of fused-ring (bicyclic) bond motifs is 2. The number of nitrogens with one attached hydrogen (secondary N) is 1. The SMILES string of the molecule is CCOc1cc(C(F)(F)F)cc(NC(=O)[C@@H]2[C@@H](c3cn(C)nc3C(F)(F)F)[C@H]3O[C@@H]2C[C@@H]3O)n1. The molecule has 2 fully saturated rings. The van der Waals surface area contributed by atoms with Crippen molar-refractivity contribution in [2.24, 2.45) is 13.0 Å². The number of amides is 1. The number of aliphatic hydroxyl groups is 1. The van der Waals surface area contributed by atoms with Crippen LogP contribution in [0.25, 0.3) is 0 Å². The van der Waals surface area contributed by atoms with Crippen molar-refractivity contribution >= 4 is 11.7 Å². The number of aryl methyl sites for hydroxylation is 1. The number of halogens is 6. The highest BCUT2D eigenvalue weighted by molar-refractivity contribution is 5.93. The maximum atomic E-state index is 13.6. The van der Waals surface area contributed by atoms with Crippen molar-refractivity contribution in [3.05, 3.63) is 35.2 Å². The Labute approximate surface area is 188 Å². The van der Waals surface area contributed by atoms with Gasteiger partial charge in [0.05, 0.1) is 36.4 Å². The van der Waals surface area contributed by atoms with E-state index in [1.807, 2.05) is 0 Å². The molecule has 0 radical (unpaired) electrons. The van der Waals surface area contributed by atoms with Crippen LogP contribution >= 0.6 is 0 Å². The molecule has 8 nitrogen and oxygen atoms in total. The lowest BCUT2D eigenvalue weighted by atomic mass is 9.74. The number of nitrogens with zero attached hydrogens (tertiary/aromatic N) is 3. The Morgan fingerprint density at radius 3 is 2.59 bits per heavy atom. The molecule has 2 N–H and O–H groups in total. The zero-order valence-corrected chi connectivity index (χ0v) is 17.8. The normalized spacial score (nSPS) is 26.7. The number of alkyl halides is 6. The van der Waals surface area contributed by atoms with Gasteiger partial charge in [0.25, 0.3) is 0 Å². The van der Waals surface area contributed by atoms with Gasteiger partial charge in [-0.2, -0.15) is 36.4 Å². The topological polar surface area (TPSA) is 98.5 Å². The lowest BCUT2D eigenvalue weighted by Crippen LogP contribution is -2.41. The van der Waals surface area contributed by atoms with Crippen molar-refractivity contribution in [1.29, 1.82) is 0 Å². The molecule has 186 valence electrons. The van der Waals surface area contributed by atoms with Gasteiger partial charge in [0.15, 0.2) is 5.69 Å². The number of ether oxygens (including phenoxy) is 2. The Hall–Kier alpha value is -2.87. The molecule has 5 atom stereocenters.